The second-order valence-electron chi connectivity index (χ2n) is 9.22. The number of phenols is 1. The zero-order valence-electron chi connectivity index (χ0n) is 19.9. The molecule has 1 N–H and O–H groups in total. The molecule has 0 bridgehead atoms. The van der Waals surface area contributed by atoms with E-state index in [4.69, 9.17) is 21.1 Å². The summed E-state index contributed by atoms with van der Waals surface area (Å²) in [5, 5.41) is 19.7. The van der Waals surface area contributed by atoms with Crippen molar-refractivity contribution in [2.24, 2.45) is 5.92 Å². The predicted octanol–water partition coefficient (Wildman–Crippen LogP) is 6.26. The summed E-state index contributed by atoms with van der Waals surface area (Å²) < 4.78 is 25.0. The number of aromatic hydroxyl groups is 1. The van der Waals surface area contributed by atoms with Crippen molar-refractivity contribution in [2.45, 2.75) is 13.0 Å². The van der Waals surface area contributed by atoms with Gasteiger partial charge in [0.25, 0.3) is 0 Å². The number of alkyl halides is 1. The molecule has 0 unspecified atom stereocenters. The Labute approximate surface area is 215 Å². The van der Waals surface area contributed by atoms with Crippen LogP contribution in [-0.4, -0.2) is 42.9 Å². The smallest absolute Gasteiger partial charge is 0.150 e. The SMILES string of the molecule is CC1=C(c2ccc(C#N)c(Cl)c2)[C@@H](c2ccc(OCCN3CC(CF)C3)cc2)Oc2ccc(O)cc21. The first-order valence-electron chi connectivity index (χ1n) is 11.9. The predicted molar refractivity (Wildman–Crippen MR) is 138 cm³/mol. The van der Waals surface area contributed by atoms with Crippen LogP contribution in [0.1, 0.15) is 35.3 Å². The molecule has 0 radical (unpaired) electrons. The highest BCUT2D eigenvalue weighted by atomic mass is 35.5. The van der Waals surface area contributed by atoms with Gasteiger partial charge in [0.05, 0.1) is 17.3 Å². The van der Waals surface area contributed by atoms with Crippen LogP contribution in [0.3, 0.4) is 0 Å². The van der Waals surface area contributed by atoms with E-state index < -0.39 is 6.10 Å². The molecule has 0 spiro atoms. The number of allylic oxidation sites excluding steroid dienone is 1. The Morgan fingerprint density at radius 3 is 2.61 bits per heavy atom. The molecule has 36 heavy (non-hydrogen) atoms. The highest BCUT2D eigenvalue weighted by Crippen LogP contribution is 2.47. The Morgan fingerprint density at radius 1 is 1.14 bits per heavy atom. The van der Waals surface area contributed by atoms with E-state index in [0.717, 1.165) is 53.2 Å². The molecule has 0 aromatic heterocycles. The Morgan fingerprint density at radius 2 is 1.92 bits per heavy atom. The van der Waals surface area contributed by atoms with Gasteiger partial charge in [-0.3, -0.25) is 9.29 Å². The fraction of sp³-hybridized carbons (Fsp3) is 0.276. The highest BCUT2D eigenvalue weighted by molar-refractivity contribution is 6.32. The molecule has 2 heterocycles. The van der Waals surface area contributed by atoms with Gasteiger partial charge in [-0.2, -0.15) is 5.26 Å². The first-order chi connectivity index (χ1) is 17.5. The van der Waals surface area contributed by atoms with E-state index >= 15 is 0 Å². The van der Waals surface area contributed by atoms with Crippen LogP contribution in [0.15, 0.2) is 60.7 Å². The van der Waals surface area contributed by atoms with Gasteiger partial charge in [-0.25, -0.2) is 0 Å². The first kappa shape index (κ1) is 24.2. The van der Waals surface area contributed by atoms with Crippen LogP contribution in [0.2, 0.25) is 5.02 Å². The zero-order valence-corrected chi connectivity index (χ0v) is 20.6. The van der Waals surface area contributed by atoms with Crippen LogP contribution in [0, 0.1) is 17.2 Å². The van der Waals surface area contributed by atoms with Crippen molar-refractivity contribution in [1.29, 1.82) is 5.26 Å². The van der Waals surface area contributed by atoms with Crippen LogP contribution in [-0.2, 0) is 0 Å². The molecular weight excluding hydrogens is 479 g/mol. The molecule has 0 aliphatic carbocycles. The topological polar surface area (TPSA) is 65.7 Å². The molecule has 1 fully saturated rings. The minimum Gasteiger partial charge on any atom is -0.508 e. The molecule has 2 aliphatic rings. The number of nitriles is 1. The van der Waals surface area contributed by atoms with E-state index in [1.54, 1.807) is 30.3 Å². The average Bonchev–Trinajstić information content (AvgIpc) is 2.86. The molecule has 2 aliphatic heterocycles. The van der Waals surface area contributed by atoms with Crippen molar-refractivity contribution < 1.29 is 19.0 Å². The van der Waals surface area contributed by atoms with E-state index in [1.165, 1.54) is 0 Å². The normalized spacial score (nSPS) is 17.7. The fourth-order valence-corrected chi connectivity index (χ4v) is 5.03. The standard InChI is InChI=1S/C29H26ClFN2O3/c1-18-25-13-23(34)6-9-27(25)36-29(28(18)21-2-3-22(15-32)26(30)12-21)20-4-7-24(8-5-20)35-11-10-33-16-19(14-31)17-33/h2-9,12-13,19,29,34H,10-11,14,16-17H2,1H3/t29-/m1/s1. The maximum atomic E-state index is 12.6. The van der Waals surface area contributed by atoms with Gasteiger partial charge in [0, 0.05) is 36.7 Å². The second kappa shape index (κ2) is 10.2. The molecule has 3 aromatic carbocycles. The van der Waals surface area contributed by atoms with Gasteiger partial charge in [-0.15, -0.1) is 0 Å². The van der Waals surface area contributed by atoms with Crippen LogP contribution in [0.5, 0.6) is 17.2 Å². The number of hydrogen-bond donors (Lipinski definition) is 1. The lowest BCUT2D eigenvalue weighted by Crippen LogP contribution is -2.49. The number of likely N-dealkylation sites (tertiary alicyclic amines) is 1. The Balaban J connectivity index is 1.41. The molecular formula is C29H26ClFN2O3. The van der Waals surface area contributed by atoms with Crippen molar-refractivity contribution >= 4 is 22.7 Å². The number of halogens is 2. The van der Waals surface area contributed by atoms with Gasteiger partial charge < -0.3 is 14.6 Å². The molecule has 3 aromatic rings. The molecule has 1 saturated heterocycles. The number of rotatable bonds is 7. The summed E-state index contributed by atoms with van der Waals surface area (Å²) in [5.41, 5.74) is 4.86. The van der Waals surface area contributed by atoms with Crippen molar-refractivity contribution in [3.8, 4) is 23.3 Å². The second-order valence-corrected chi connectivity index (χ2v) is 9.63. The quantitative estimate of drug-likeness (QED) is 0.411. The molecule has 184 valence electrons. The van der Waals surface area contributed by atoms with Crippen LogP contribution in [0.25, 0.3) is 11.1 Å². The van der Waals surface area contributed by atoms with Gasteiger partial charge in [0.1, 0.15) is 36.0 Å². The minimum absolute atomic E-state index is 0.160. The van der Waals surface area contributed by atoms with Gasteiger partial charge in [-0.1, -0.05) is 29.8 Å². The maximum absolute atomic E-state index is 12.6. The Kier molecular flexibility index (Phi) is 6.86. The van der Waals surface area contributed by atoms with E-state index in [1.807, 2.05) is 37.3 Å². The van der Waals surface area contributed by atoms with Crippen LogP contribution in [0.4, 0.5) is 4.39 Å². The highest BCUT2D eigenvalue weighted by Gasteiger charge is 2.30. The number of fused-ring (bicyclic) bond motifs is 1. The van der Waals surface area contributed by atoms with E-state index in [-0.39, 0.29) is 18.3 Å². The van der Waals surface area contributed by atoms with Crippen LogP contribution >= 0.6 is 11.6 Å². The third kappa shape index (κ3) is 4.77. The van der Waals surface area contributed by atoms with Gasteiger partial charge in [0.2, 0.25) is 0 Å². The van der Waals surface area contributed by atoms with E-state index in [2.05, 4.69) is 11.0 Å². The largest absolute Gasteiger partial charge is 0.508 e. The van der Waals surface area contributed by atoms with E-state index in [9.17, 15) is 14.8 Å². The van der Waals surface area contributed by atoms with Gasteiger partial charge >= 0.3 is 0 Å². The zero-order chi connectivity index (χ0) is 25.2. The monoisotopic (exact) mass is 504 g/mol. The molecule has 1 atom stereocenters. The summed E-state index contributed by atoms with van der Waals surface area (Å²) in [6.07, 6.45) is -0.418. The number of benzene rings is 3. The van der Waals surface area contributed by atoms with E-state index in [0.29, 0.717) is 22.9 Å². The molecule has 7 heteroatoms. The van der Waals surface area contributed by atoms with Gasteiger partial charge in [0.15, 0.2) is 0 Å². The lowest BCUT2D eigenvalue weighted by Gasteiger charge is -2.37. The van der Waals surface area contributed by atoms with Crippen molar-refractivity contribution in [3.05, 3.63) is 87.9 Å². The summed E-state index contributed by atoms with van der Waals surface area (Å²) in [7, 11) is 0. The first-order valence-corrected chi connectivity index (χ1v) is 12.3. The van der Waals surface area contributed by atoms with Crippen LogP contribution < -0.4 is 9.47 Å². The molecule has 0 amide bonds. The Hall–Kier alpha value is -3.53. The summed E-state index contributed by atoms with van der Waals surface area (Å²) in [5.74, 6) is 1.77. The molecule has 5 nitrogen and oxygen atoms in total. The summed E-state index contributed by atoms with van der Waals surface area (Å²) in [6, 6.07) is 20.3. The number of ether oxygens (including phenoxy) is 2. The van der Waals surface area contributed by atoms with Crippen molar-refractivity contribution in [1.82, 2.24) is 4.90 Å². The van der Waals surface area contributed by atoms with Crippen molar-refractivity contribution in [2.75, 3.05) is 32.9 Å². The minimum atomic E-state index is -0.418. The summed E-state index contributed by atoms with van der Waals surface area (Å²) in [4.78, 5) is 2.19. The lowest BCUT2D eigenvalue weighted by atomic mass is 9.86. The third-order valence-electron chi connectivity index (χ3n) is 6.79. The number of phenolic OH excluding ortho intramolecular Hbond substituents is 1. The third-order valence-corrected chi connectivity index (χ3v) is 7.10. The molecule has 5 rings (SSSR count). The maximum Gasteiger partial charge on any atom is 0.150 e. The molecule has 0 saturated carbocycles. The lowest BCUT2D eigenvalue weighted by molar-refractivity contribution is 0.0668. The average molecular weight is 505 g/mol. The van der Waals surface area contributed by atoms with Gasteiger partial charge in [-0.05, 0) is 66.1 Å². The summed E-state index contributed by atoms with van der Waals surface area (Å²) >= 11 is 6.37. The summed E-state index contributed by atoms with van der Waals surface area (Å²) in [6.45, 7) is 4.66. The fourth-order valence-electron chi connectivity index (χ4n) is 4.81. The Bertz CT molecular complexity index is 1340. The number of nitrogens with zero attached hydrogens (tertiary/aromatic N) is 2. The van der Waals surface area contributed by atoms with Crippen molar-refractivity contribution in [3.63, 3.8) is 0 Å². The number of hydrogen-bond acceptors (Lipinski definition) is 5.